The number of furan rings is 1. The average molecular weight is 211 g/mol. The number of esters is 1. The molecule has 1 aromatic heterocycles. The lowest BCUT2D eigenvalue weighted by molar-refractivity contribution is -0.143. The summed E-state index contributed by atoms with van der Waals surface area (Å²) in [6.45, 7) is 5.56. The second-order valence-corrected chi connectivity index (χ2v) is 4.13. The highest BCUT2D eigenvalue weighted by Crippen LogP contribution is 2.28. The third kappa shape index (κ3) is 2.21. The van der Waals surface area contributed by atoms with Crippen molar-refractivity contribution in [1.82, 2.24) is 0 Å². The average Bonchev–Trinajstić information content (AvgIpc) is 2.63. The van der Waals surface area contributed by atoms with Crippen LogP contribution in [0.2, 0.25) is 0 Å². The van der Waals surface area contributed by atoms with Gasteiger partial charge in [-0.1, -0.05) is 13.8 Å². The third-order valence-corrected chi connectivity index (χ3v) is 2.61. The van der Waals surface area contributed by atoms with Crippen LogP contribution < -0.4 is 5.73 Å². The van der Waals surface area contributed by atoms with Gasteiger partial charge in [-0.3, -0.25) is 4.79 Å². The molecule has 84 valence electrons. The van der Waals surface area contributed by atoms with E-state index < -0.39 is 17.4 Å². The number of hydrogen-bond donors (Lipinski definition) is 1. The van der Waals surface area contributed by atoms with Crippen LogP contribution in [0.1, 0.15) is 25.4 Å². The third-order valence-electron chi connectivity index (χ3n) is 2.61. The first-order valence-corrected chi connectivity index (χ1v) is 4.80. The normalized spacial score (nSPS) is 13.7. The Morgan fingerprint density at radius 2 is 2.13 bits per heavy atom. The molecule has 0 aliphatic heterocycles. The highest BCUT2D eigenvalue weighted by atomic mass is 16.5. The van der Waals surface area contributed by atoms with Gasteiger partial charge in [0, 0.05) is 5.41 Å². The minimum atomic E-state index is -0.729. The molecule has 0 aliphatic rings. The predicted octanol–water partition coefficient (Wildman–Crippen LogP) is 1.37. The number of hydrogen-bond acceptors (Lipinski definition) is 4. The minimum absolute atomic E-state index is 0.436. The molecule has 1 heterocycles. The molecule has 0 amide bonds. The standard InChI is InChI=1S/C11H17NO3/c1-7-5-6-8(15-7)11(2,3)9(12)10(13)14-4/h5-6,9H,12H2,1-4H3. The quantitative estimate of drug-likeness (QED) is 0.767. The molecular weight excluding hydrogens is 194 g/mol. The number of carbonyl (C=O) groups excluding carboxylic acids is 1. The lowest BCUT2D eigenvalue weighted by Crippen LogP contribution is -2.47. The summed E-state index contributed by atoms with van der Waals surface area (Å²) in [4.78, 5) is 11.3. The molecule has 1 atom stereocenters. The highest BCUT2D eigenvalue weighted by Gasteiger charge is 2.37. The van der Waals surface area contributed by atoms with Crippen LogP contribution in [-0.2, 0) is 14.9 Å². The first kappa shape index (κ1) is 11.8. The van der Waals surface area contributed by atoms with Crippen LogP contribution >= 0.6 is 0 Å². The molecule has 2 N–H and O–H groups in total. The van der Waals surface area contributed by atoms with Crippen molar-refractivity contribution in [2.75, 3.05) is 7.11 Å². The van der Waals surface area contributed by atoms with Crippen LogP contribution in [0.25, 0.3) is 0 Å². The molecule has 0 spiro atoms. The summed E-state index contributed by atoms with van der Waals surface area (Å²) in [5, 5.41) is 0. The Kier molecular flexibility index (Phi) is 3.19. The van der Waals surface area contributed by atoms with Gasteiger partial charge in [0.2, 0.25) is 0 Å². The molecule has 4 nitrogen and oxygen atoms in total. The van der Waals surface area contributed by atoms with E-state index in [1.165, 1.54) is 7.11 Å². The van der Waals surface area contributed by atoms with Gasteiger partial charge < -0.3 is 14.9 Å². The number of ether oxygens (including phenoxy) is 1. The van der Waals surface area contributed by atoms with E-state index in [9.17, 15) is 4.79 Å². The number of nitrogens with two attached hydrogens (primary N) is 1. The van der Waals surface area contributed by atoms with Gasteiger partial charge in [0.15, 0.2) is 0 Å². The van der Waals surface area contributed by atoms with Crippen molar-refractivity contribution in [3.05, 3.63) is 23.7 Å². The summed E-state index contributed by atoms with van der Waals surface area (Å²) in [6, 6.07) is 2.95. The van der Waals surface area contributed by atoms with Crippen molar-refractivity contribution in [2.24, 2.45) is 5.73 Å². The van der Waals surface area contributed by atoms with Gasteiger partial charge in [-0.25, -0.2) is 0 Å². The van der Waals surface area contributed by atoms with E-state index in [4.69, 9.17) is 10.2 Å². The topological polar surface area (TPSA) is 65.5 Å². The van der Waals surface area contributed by atoms with Crippen molar-refractivity contribution in [2.45, 2.75) is 32.2 Å². The van der Waals surface area contributed by atoms with Gasteiger partial charge in [-0.2, -0.15) is 0 Å². The van der Waals surface area contributed by atoms with E-state index in [-0.39, 0.29) is 0 Å². The summed E-state index contributed by atoms with van der Waals surface area (Å²) < 4.78 is 10.1. The zero-order valence-corrected chi connectivity index (χ0v) is 9.53. The largest absolute Gasteiger partial charge is 0.468 e. The molecule has 4 heteroatoms. The van der Waals surface area contributed by atoms with E-state index in [1.807, 2.05) is 32.9 Å². The van der Waals surface area contributed by atoms with Crippen LogP contribution in [0.15, 0.2) is 16.5 Å². The van der Waals surface area contributed by atoms with Crippen LogP contribution in [0.3, 0.4) is 0 Å². The number of carbonyl (C=O) groups is 1. The van der Waals surface area contributed by atoms with Gasteiger partial charge >= 0.3 is 5.97 Å². The van der Waals surface area contributed by atoms with Crippen molar-refractivity contribution >= 4 is 5.97 Å². The number of methoxy groups -OCH3 is 1. The summed E-state index contributed by atoms with van der Waals surface area (Å²) in [6.07, 6.45) is 0. The van der Waals surface area contributed by atoms with E-state index in [2.05, 4.69) is 4.74 Å². The number of aryl methyl sites for hydroxylation is 1. The fourth-order valence-electron chi connectivity index (χ4n) is 1.36. The van der Waals surface area contributed by atoms with Crippen molar-refractivity contribution < 1.29 is 13.9 Å². The Morgan fingerprint density at radius 3 is 2.53 bits per heavy atom. The van der Waals surface area contributed by atoms with Gasteiger partial charge in [0.05, 0.1) is 7.11 Å². The molecule has 0 aliphatic carbocycles. The smallest absolute Gasteiger partial charge is 0.323 e. The Hall–Kier alpha value is -1.29. The lowest BCUT2D eigenvalue weighted by atomic mass is 9.82. The van der Waals surface area contributed by atoms with Gasteiger partial charge in [0.25, 0.3) is 0 Å². The predicted molar refractivity (Wildman–Crippen MR) is 56.5 cm³/mol. The zero-order valence-electron chi connectivity index (χ0n) is 9.53. The molecule has 0 fully saturated rings. The fourth-order valence-corrected chi connectivity index (χ4v) is 1.36. The van der Waals surface area contributed by atoms with Gasteiger partial charge in [-0.15, -0.1) is 0 Å². The van der Waals surface area contributed by atoms with Crippen molar-refractivity contribution in [3.63, 3.8) is 0 Å². The second-order valence-electron chi connectivity index (χ2n) is 4.13. The highest BCUT2D eigenvalue weighted by molar-refractivity contribution is 5.77. The molecule has 1 aromatic rings. The van der Waals surface area contributed by atoms with E-state index >= 15 is 0 Å². The van der Waals surface area contributed by atoms with Crippen LogP contribution in [0, 0.1) is 6.92 Å². The van der Waals surface area contributed by atoms with Crippen LogP contribution in [0.5, 0.6) is 0 Å². The monoisotopic (exact) mass is 211 g/mol. The summed E-state index contributed by atoms with van der Waals surface area (Å²) in [5.41, 5.74) is 5.24. The first-order valence-electron chi connectivity index (χ1n) is 4.80. The van der Waals surface area contributed by atoms with E-state index in [1.54, 1.807) is 0 Å². The first-order chi connectivity index (χ1) is 6.89. The second kappa shape index (κ2) is 4.06. The molecule has 15 heavy (non-hydrogen) atoms. The maximum atomic E-state index is 11.3. The maximum Gasteiger partial charge on any atom is 0.323 e. The molecule has 0 aromatic carbocycles. The van der Waals surface area contributed by atoms with Gasteiger partial charge in [0.1, 0.15) is 17.6 Å². The van der Waals surface area contributed by atoms with Crippen molar-refractivity contribution in [1.29, 1.82) is 0 Å². The Bertz CT molecular complexity index is 354. The SMILES string of the molecule is COC(=O)C(N)C(C)(C)c1ccc(C)o1. The molecule has 1 unspecified atom stereocenters. The molecule has 0 saturated carbocycles. The van der Waals surface area contributed by atoms with Gasteiger partial charge in [-0.05, 0) is 19.1 Å². The Labute approximate surface area is 89.4 Å². The van der Waals surface area contributed by atoms with E-state index in [0.29, 0.717) is 5.76 Å². The van der Waals surface area contributed by atoms with E-state index in [0.717, 1.165) is 5.76 Å². The summed E-state index contributed by atoms with van der Waals surface area (Å²) in [7, 11) is 1.33. The fraction of sp³-hybridized carbons (Fsp3) is 0.545. The minimum Gasteiger partial charge on any atom is -0.468 e. The Morgan fingerprint density at radius 1 is 1.53 bits per heavy atom. The summed E-state index contributed by atoms with van der Waals surface area (Å²) >= 11 is 0. The molecule has 0 bridgehead atoms. The summed E-state index contributed by atoms with van der Waals surface area (Å²) in [5.74, 6) is 1.06. The lowest BCUT2D eigenvalue weighted by Gasteiger charge is -2.27. The zero-order chi connectivity index (χ0) is 11.6. The molecule has 0 radical (unpaired) electrons. The molecule has 0 saturated heterocycles. The Balaban J connectivity index is 2.96. The molecular formula is C11H17NO3. The van der Waals surface area contributed by atoms with Crippen LogP contribution in [0.4, 0.5) is 0 Å². The number of rotatable bonds is 3. The van der Waals surface area contributed by atoms with Crippen molar-refractivity contribution in [3.8, 4) is 0 Å². The molecule has 1 rings (SSSR count). The maximum absolute atomic E-state index is 11.3. The van der Waals surface area contributed by atoms with Crippen LogP contribution in [-0.4, -0.2) is 19.1 Å².